The molecule has 0 radical (unpaired) electrons. The highest BCUT2D eigenvalue weighted by atomic mass is 16.5. The van der Waals surface area contributed by atoms with Gasteiger partial charge < -0.3 is 25.0 Å². The van der Waals surface area contributed by atoms with Gasteiger partial charge in [0.05, 0.1) is 14.2 Å². The third-order valence-electron chi connectivity index (χ3n) is 5.31. The number of carbonyl (C=O) groups excluding carboxylic acids is 1. The molecule has 1 aliphatic heterocycles. The van der Waals surface area contributed by atoms with Gasteiger partial charge in [0.2, 0.25) is 0 Å². The van der Waals surface area contributed by atoms with Gasteiger partial charge in [-0.3, -0.25) is 4.79 Å². The molecule has 7 heteroatoms. The molecule has 0 aliphatic carbocycles. The van der Waals surface area contributed by atoms with Crippen LogP contribution >= 0.6 is 0 Å². The lowest BCUT2D eigenvalue weighted by molar-refractivity contribution is 0.102. The van der Waals surface area contributed by atoms with E-state index in [-0.39, 0.29) is 11.9 Å². The number of amides is 1. The van der Waals surface area contributed by atoms with E-state index in [9.17, 15) is 4.79 Å². The van der Waals surface area contributed by atoms with Gasteiger partial charge in [-0.25, -0.2) is 4.98 Å². The van der Waals surface area contributed by atoms with E-state index in [1.807, 2.05) is 30.3 Å². The first kappa shape index (κ1) is 20.7. The quantitative estimate of drug-likeness (QED) is 0.638. The van der Waals surface area contributed by atoms with Crippen LogP contribution in [0.4, 0.5) is 11.5 Å². The number of nitrogens with one attached hydrogen (secondary N) is 2. The van der Waals surface area contributed by atoms with Crippen LogP contribution in [0.2, 0.25) is 0 Å². The summed E-state index contributed by atoms with van der Waals surface area (Å²) in [5, 5.41) is 6.44. The minimum absolute atomic E-state index is 0.223. The Kier molecular flexibility index (Phi) is 6.33. The second-order valence-corrected chi connectivity index (χ2v) is 7.27. The monoisotopic (exact) mass is 418 g/mol. The molecule has 1 amide bonds. The van der Waals surface area contributed by atoms with Crippen molar-refractivity contribution in [3.8, 4) is 11.5 Å². The van der Waals surface area contributed by atoms with Crippen LogP contribution in [-0.4, -0.2) is 44.7 Å². The van der Waals surface area contributed by atoms with Crippen LogP contribution in [-0.2, 0) is 0 Å². The Bertz CT molecular complexity index is 1040. The number of pyridine rings is 1. The molecule has 1 saturated heterocycles. The van der Waals surface area contributed by atoms with Crippen LogP contribution in [0.1, 0.15) is 22.1 Å². The van der Waals surface area contributed by atoms with E-state index in [2.05, 4.69) is 32.7 Å². The molecule has 1 unspecified atom stereocenters. The number of piperazine rings is 1. The molecule has 1 aromatic heterocycles. The number of rotatable bonds is 6. The molecule has 3 aromatic rings. The third kappa shape index (κ3) is 4.78. The summed E-state index contributed by atoms with van der Waals surface area (Å²) in [7, 11) is 3.13. The fourth-order valence-electron chi connectivity index (χ4n) is 3.70. The van der Waals surface area contributed by atoms with Crippen molar-refractivity contribution < 1.29 is 14.3 Å². The van der Waals surface area contributed by atoms with E-state index in [0.717, 1.165) is 25.5 Å². The van der Waals surface area contributed by atoms with Gasteiger partial charge in [-0.1, -0.05) is 36.4 Å². The molecule has 160 valence electrons. The number of anilines is 2. The van der Waals surface area contributed by atoms with Crippen LogP contribution in [0.3, 0.4) is 0 Å². The highest BCUT2D eigenvalue weighted by molar-refractivity contribution is 6.03. The van der Waals surface area contributed by atoms with Crippen molar-refractivity contribution in [1.29, 1.82) is 0 Å². The summed E-state index contributed by atoms with van der Waals surface area (Å²) in [5.41, 5.74) is 2.22. The van der Waals surface area contributed by atoms with Gasteiger partial charge in [-0.2, -0.15) is 0 Å². The van der Waals surface area contributed by atoms with Crippen molar-refractivity contribution in [2.45, 2.75) is 6.04 Å². The standard InChI is InChI=1S/C24H26N4O3/c1-30-21-12-11-18(15-22(21)31-2)26-24(29)19-9-6-10-23(27-19)28-14-13-25-20(16-28)17-7-4-3-5-8-17/h3-12,15,20,25H,13-14,16H2,1-2H3,(H,26,29). The number of methoxy groups -OCH3 is 2. The molecule has 0 saturated carbocycles. The van der Waals surface area contributed by atoms with Crippen LogP contribution in [0.5, 0.6) is 11.5 Å². The van der Waals surface area contributed by atoms with Crippen LogP contribution in [0.15, 0.2) is 66.7 Å². The topological polar surface area (TPSA) is 75.7 Å². The Morgan fingerprint density at radius 1 is 1.03 bits per heavy atom. The van der Waals surface area contributed by atoms with Crippen molar-refractivity contribution in [3.63, 3.8) is 0 Å². The van der Waals surface area contributed by atoms with E-state index in [1.54, 1.807) is 38.5 Å². The molecule has 1 fully saturated rings. The lowest BCUT2D eigenvalue weighted by Gasteiger charge is -2.34. The minimum atomic E-state index is -0.274. The smallest absolute Gasteiger partial charge is 0.274 e. The Balaban J connectivity index is 1.48. The predicted octanol–water partition coefficient (Wildman–Crippen LogP) is 3.50. The second-order valence-electron chi connectivity index (χ2n) is 7.27. The number of hydrogen-bond acceptors (Lipinski definition) is 6. The predicted molar refractivity (Wildman–Crippen MR) is 121 cm³/mol. The van der Waals surface area contributed by atoms with Gasteiger partial charge in [0.25, 0.3) is 5.91 Å². The fourth-order valence-corrected chi connectivity index (χ4v) is 3.70. The molecule has 1 aliphatic rings. The largest absolute Gasteiger partial charge is 0.493 e. The summed E-state index contributed by atoms with van der Waals surface area (Å²) in [6.45, 7) is 2.47. The number of carbonyl (C=O) groups is 1. The highest BCUT2D eigenvalue weighted by Gasteiger charge is 2.22. The van der Waals surface area contributed by atoms with Crippen LogP contribution in [0, 0.1) is 0 Å². The van der Waals surface area contributed by atoms with Gasteiger partial charge in [0.15, 0.2) is 11.5 Å². The van der Waals surface area contributed by atoms with Gasteiger partial charge in [0.1, 0.15) is 11.5 Å². The zero-order valence-corrected chi connectivity index (χ0v) is 17.7. The first-order valence-corrected chi connectivity index (χ1v) is 10.2. The van der Waals surface area contributed by atoms with Crippen molar-refractivity contribution in [1.82, 2.24) is 10.3 Å². The Labute approximate surface area is 182 Å². The van der Waals surface area contributed by atoms with E-state index < -0.39 is 0 Å². The molecular weight excluding hydrogens is 392 g/mol. The van der Waals surface area contributed by atoms with Crippen LogP contribution < -0.4 is 25.0 Å². The summed E-state index contributed by atoms with van der Waals surface area (Å²) < 4.78 is 10.5. The maximum absolute atomic E-state index is 12.8. The number of ether oxygens (including phenoxy) is 2. The summed E-state index contributed by atoms with van der Waals surface area (Å²) in [6, 6.07) is 21.4. The molecule has 1 atom stereocenters. The number of aromatic nitrogens is 1. The Morgan fingerprint density at radius 2 is 1.84 bits per heavy atom. The normalized spacial score (nSPS) is 15.9. The Hall–Kier alpha value is -3.58. The summed E-state index contributed by atoms with van der Waals surface area (Å²) >= 11 is 0. The summed E-state index contributed by atoms with van der Waals surface area (Å²) in [5.74, 6) is 1.67. The number of benzene rings is 2. The SMILES string of the molecule is COc1ccc(NC(=O)c2cccc(N3CCNC(c4ccccc4)C3)n2)cc1OC. The van der Waals surface area contributed by atoms with Gasteiger partial charge in [-0.05, 0) is 29.8 Å². The third-order valence-corrected chi connectivity index (χ3v) is 5.31. The van der Waals surface area contributed by atoms with Crippen LogP contribution in [0.25, 0.3) is 0 Å². The number of hydrogen-bond donors (Lipinski definition) is 2. The average Bonchev–Trinajstić information content (AvgIpc) is 2.84. The van der Waals surface area contributed by atoms with E-state index in [0.29, 0.717) is 22.9 Å². The van der Waals surface area contributed by atoms with E-state index in [1.165, 1.54) is 5.56 Å². The van der Waals surface area contributed by atoms with E-state index in [4.69, 9.17) is 9.47 Å². The van der Waals surface area contributed by atoms with Gasteiger partial charge >= 0.3 is 0 Å². The van der Waals surface area contributed by atoms with Crippen molar-refractivity contribution in [2.24, 2.45) is 0 Å². The number of nitrogens with zero attached hydrogens (tertiary/aromatic N) is 2. The Morgan fingerprint density at radius 3 is 2.61 bits per heavy atom. The van der Waals surface area contributed by atoms with E-state index >= 15 is 0 Å². The van der Waals surface area contributed by atoms with Crippen molar-refractivity contribution in [3.05, 3.63) is 78.0 Å². The maximum atomic E-state index is 12.8. The molecule has 31 heavy (non-hydrogen) atoms. The molecule has 0 bridgehead atoms. The zero-order valence-electron chi connectivity index (χ0n) is 17.7. The molecule has 2 heterocycles. The molecule has 0 spiro atoms. The van der Waals surface area contributed by atoms with Crippen molar-refractivity contribution in [2.75, 3.05) is 44.1 Å². The molecule has 2 N–H and O–H groups in total. The molecule has 2 aromatic carbocycles. The highest BCUT2D eigenvalue weighted by Crippen LogP contribution is 2.30. The molecule has 7 nitrogen and oxygen atoms in total. The summed E-state index contributed by atoms with van der Waals surface area (Å²) in [6.07, 6.45) is 0. The minimum Gasteiger partial charge on any atom is -0.493 e. The molecule has 4 rings (SSSR count). The van der Waals surface area contributed by atoms with Gasteiger partial charge in [0, 0.05) is 37.4 Å². The first-order chi connectivity index (χ1) is 15.2. The summed E-state index contributed by atoms with van der Waals surface area (Å²) in [4.78, 5) is 19.6. The van der Waals surface area contributed by atoms with Crippen molar-refractivity contribution >= 4 is 17.4 Å². The zero-order chi connectivity index (χ0) is 21.6. The maximum Gasteiger partial charge on any atom is 0.274 e. The second kappa shape index (κ2) is 9.49. The lowest BCUT2D eigenvalue weighted by Crippen LogP contribution is -2.46. The van der Waals surface area contributed by atoms with Gasteiger partial charge in [-0.15, -0.1) is 0 Å². The molecular formula is C24H26N4O3. The lowest BCUT2D eigenvalue weighted by atomic mass is 10.0. The first-order valence-electron chi connectivity index (χ1n) is 10.2. The fraction of sp³-hybridized carbons (Fsp3) is 0.250. The average molecular weight is 418 g/mol.